The maximum absolute atomic E-state index is 10.7. The van der Waals surface area contributed by atoms with Crippen molar-refractivity contribution >= 4 is 16.7 Å². The zero-order chi connectivity index (χ0) is 11.1. The minimum atomic E-state index is -0.377. The summed E-state index contributed by atoms with van der Waals surface area (Å²) in [5.74, 6) is 1.06. The highest BCUT2D eigenvalue weighted by molar-refractivity contribution is 5.78. The van der Waals surface area contributed by atoms with Crippen LogP contribution in [0.5, 0.6) is 0 Å². The second kappa shape index (κ2) is 3.30. The van der Waals surface area contributed by atoms with Crippen LogP contribution in [0, 0.1) is 10.1 Å². The summed E-state index contributed by atoms with van der Waals surface area (Å²) in [4.78, 5) is 14.7. The van der Waals surface area contributed by atoms with Gasteiger partial charge in [-0.2, -0.15) is 0 Å². The molecule has 82 valence electrons. The molecule has 1 aromatic heterocycles. The molecule has 0 aliphatic carbocycles. The summed E-state index contributed by atoms with van der Waals surface area (Å²) in [6.45, 7) is 0.976. The van der Waals surface area contributed by atoms with Crippen molar-refractivity contribution in [2.45, 2.75) is 25.8 Å². The first-order valence-corrected chi connectivity index (χ1v) is 5.39. The molecule has 1 aliphatic heterocycles. The summed E-state index contributed by atoms with van der Waals surface area (Å²) >= 11 is 0. The smallest absolute Gasteiger partial charge is 0.271 e. The van der Waals surface area contributed by atoms with E-state index in [0.29, 0.717) is 0 Å². The average molecular weight is 217 g/mol. The zero-order valence-electron chi connectivity index (χ0n) is 8.72. The second-order valence-corrected chi connectivity index (χ2v) is 4.07. The fourth-order valence-corrected chi connectivity index (χ4v) is 2.28. The Morgan fingerprint density at radius 2 is 2.25 bits per heavy atom. The van der Waals surface area contributed by atoms with Crippen molar-refractivity contribution in [2.24, 2.45) is 0 Å². The quantitative estimate of drug-likeness (QED) is 0.543. The molecule has 5 nitrogen and oxygen atoms in total. The summed E-state index contributed by atoms with van der Waals surface area (Å²) in [5.41, 5.74) is 1.87. The zero-order valence-corrected chi connectivity index (χ0v) is 8.72. The summed E-state index contributed by atoms with van der Waals surface area (Å²) in [5, 5.41) is 10.7. The highest BCUT2D eigenvalue weighted by atomic mass is 16.6. The van der Waals surface area contributed by atoms with Crippen molar-refractivity contribution in [1.82, 2.24) is 9.55 Å². The van der Waals surface area contributed by atoms with Crippen LogP contribution >= 0.6 is 0 Å². The van der Waals surface area contributed by atoms with Crippen LogP contribution in [0.15, 0.2) is 18.2 Å². The van der Waals surface area contributed by atoms with E-state index in [-0.39, 0.29) is 10.6 Å². The number of aromatic nitrogens is 2. The summed E-state index contributed by atoms with van der Waals surface area (Å²) in [7, 11) is 0. The van der Waals surface area contributed by atoms with Gasteiger partial charge in [-0.3, -0.25) is 10.1 Å². The van der Waals surface area contributed by atoms with Gasteiger partial charge < -0.3 is 4.57 Å². The molecule has 5 heteroatoms. The molecule has 0 N–H and O–H groups in total. The molecule has 0 fully saturated rings. The van der Waals surface area contributed by atoms with Gasteiger partial charge in [-0.25, -0.2) is 4.98 Å². The first kappa shape index (κ1) is 9.33. The van der Waals surface area contributed by atoms with Gasteiger partial charge in [0, 0.05) is 25.1 Å². The van der Waals surface area contributed by atoms with Crippen molar-refractivity contribution in [2.75, 3.05) is 0 Å². The third-order valence-corrected chi connectivity index (χ3v) is 3.05. The minimum Gasteiger partial charge on any atom is -0.328 e. The van der Waals surface area contributed by atoms with Gasteiger partial charge in [0.25, 0.3) is 5.69 Å². The van der Waals surface area contributed by atoms with Crippen LogP contribution in [0.2, 0.25) is 0 Å². The predicted molar refractivity (Wildman–Crippen MR) is 59.3 cm³/mol. The Morgan fingerprint density at radius 1 is 1.38 bits per heavy atom. The van der Waals surface area contributed by atoms with Gasteiger partial charge in [0.15, 0.2) is 0 Å². The SMILES string of the molecule is O=[N+]([O-])c1ccc2c(c1)nc1n2CCCC1. The number of benzene rings is 1. The van der Waals surface area contributed by atoms with Crippen molar-refractivity contribution in [3.63, 3.8) is 0 Å². The normalized spacial score (nSPS) is 15.0. The molecule has 0 bridgehead atoms. The Morgan fingerprint density at radius 3 is 3.06 bits per heavy atom. The van der Waals surface area contributed by atoms with Gasteiger partial charge in [-0.05, 0) is 18.9 Å². The fraction of sp³-hybridized carbons (Fsp3) is 0.364. The molecule has 0 unspecified atom stereocenters. The number of nitro benzene ring substituents is 1. The molecule has 0 spiro atoms. The Bertz CT molecular complexity index is 574. The van der Waals surface area contributed by atoms with E-state index in [1.807, 2.05) is 0 Å². The van der Waals surface area contributed by atoms with Gasteiger partial charge in [-0.1, -0.05) is 0 Å². The van der Waals surface area contributed by atoms with Crippen molar-refractivity contribution in [1.29, 1.82) is 0 Å². The van der Waals surface area contributed by atoms with E-state index >= 15 is 0 Å². The maximum atomic E-state index is 10.7. The Balaban J connectivity index is 2.22. The van der Waals surface area contributed by atoms with E-state index in [9.17, 15) is 10.1 Å². The van der Waals surface area contributed by atoms with Crippen LogP contribution in [-0.4, -0.2) is 14.5 Å². The highest BCUT2D eigenvalue weighted by Crippen LogP contribution is 2.25. The van der Waals surface area contributed by atoms with Gasteiger partial charge in [0.2, 0.25) is 0 Å². The predicted octanol–water partition coefficient (Wildman–Crippen LogP) is 2.28. The molecular weight excluding hydrogens is 206 g/mol. The van der Waals surface area contributed by atoms with Crippen molar-refractivity contribution in [3.8, 4) is 0 Å². The Kier molecular flexibility index (Phi) is 1.92. The maximum Gasteiger partial charge on any atom is 0.271 e. The largest absolute Gasteiger partial charge is 0.328 e. The lowest BCUT2D eigenvalue weighted by Gasteiger charge is -2.13. The summed E-state index contributed by atoms with van der Waals surface area (Å²) in [6, 6.07) is 4.90. The lowest BCUT2D eigenvalue weighted by Crippen LogP contribution is -2.09. The lowest BCUT2D eigenvalue weighted by molar-refractivity contribution is -0.384. The first-order chi connectivity index (χ1) is 7.75. The molecule has 0 saturated heterocycles. The standard InChI is InChI=1S/C11H11N3O2/c15-14(16)8-4-5-10-9(7-8)12-11-3-1-2-6-13(10)11/h4-5,7H,1-3,6H2. The van der Waals surface area contributed by atoms with E-state index < -0.39 is 0 Å². The first-order valence-electron chi connectivity index (χ1n) is 5.39. The number of nitrogens with zero attached hydrogens (tertiary/aromatic N) is 3. The van der Waals surface area contributed by atoms with Crippen molar-refractivity contribution < 1.29 is 4.92 Å². The molecule has 2 aromatic rings. The van der Waals surface area contributed by atoms with E-state index in [0.717, 1.165) is 42.7 Å². The van der Waals surface area contributed by atoms with Crippen LogP contribution in [0.4, 0.5) is 5.69 Å². The van der Waals surface area contributed by atoms with E-state index in [4.69, 9.17) is 0 Å². The van der Waals surface area contributed by atoms with Gasteiger partial charge in [0.1, 0.15) is 5.82 Å². The molecule has 3 rings (SSSR count). The third-order valence-electron chi connectivity index (χ3n) is 3.05. The number of imidazole rings is 1. The Labute approximate surface area is 91.9 Å². The monoisotopic (exact) mass is 217 g/mol. The molecule has 2 heterocycles. The number of rotatable bonds is 1. The number of non-ortho nitro benzene ring substituents is 1. The lowest BCUT2D eigenvalue weighted by atomic mass is 10.2. The van der Waals surface area contributed by atoms with Crippen LogP contribution in [0.25, 0.3) is 11.0 Å². The van der Waals surface area contributed by atoms with Crippen LogP contribution < -0.4 is 0 Å². The minimum absolute atomic E-state index is 0.114. The molecular formula is C11H11N3O2. The number of fused-ring (bicyclic) bond motifs is 3. The topological polar surface area (TPSA) is 61.0 Å². The molecule has 0 atom stereocenters. The van der Waals surface area contributed by atoms with Crippen LogP contribution in [0.1, 0.15) is 18.7 Å². The number of hydrogen-bond donors (Lipinski definition) is 0. The number of aryl methyl sites for hydroxylation is 2. The highest BCUT2D eigenvalue weighted by Gasteiger charge is 2.16. The molecule has 0 saturated carbocycles. The van der Waals surface area contributed by atoms with Crippen LogP contribution in [0.3, 0.4) is 0 Å². The second-order valence-electron chi connectivity index (χ2n) is 4.07. The summed E-state index contributed by atoms with van der Waals surface area (Å²) < 4.78 is 2.17. The van der Waals surface area contributed by atoms with E-state index in [2.05, 4.69) is 9.55 Å². The van der Waals surface area contributed by atoms with Crippen LogP contribution in [-0.2, 0) is 13.0 Å². The number of hydrogen-bond acceptors (Lipinski definition) is 3. The average Bonchev–Trinajstić information content (AvgIpc) is 2.66. The van der Waals surface area contributed by atoms with E-state index in [1.165, 1.54) is 0 Å². The molecule has 1 aliphatic rings. The number of nitro groups is 1. The van der Waals surface area contributed by atoms with Crippen molar-refractivity contribution in [3.05, 3.63) is 34.1 Å². The Hall–Kier alpha value is -1.91. The van der Waals surface area contributed by atoms with E-state index in [1.54, 1.807) is 18.2 Å². The molecule has 0 amide bonds. The van der Waals surface area contributed by atoms with Gasteiger partial charge in [-0.15, -0.1) is 0 Å². The summed E-state index contributed by atoms with van der Waals surface area (Å²) in [6.07, 6.45) is 3.29. The fourth-order valence-electron chi connectivity index (χ4n) is 2.28. The van der Waals surface area contributed by atoms with Gasteiger partial charge in [0.05, 0.1) is 16.0 Å². The molecule has 1 aromatic carbocycles. The van der Waals surface area contributed by atoms with Gasteiger partial charge >= 0.3 is 0 Å². The molecule has 0 radical (unpaired) electrons. The third kappa shape index (κ3) is 1.28. The molecule has 16 heavy (non-hydrogen) atoms.